The van der Waals surface area contributed by atoms with Crippen LogP contribution in [0.4, 0.5) is 5.69 Å². The molecule has 1 N–H and O–H groups in total. The van der Waals surface area contributed by atoms with Crippen molar-refractivity contribution in [1.82, 2.24) is 4.98 Å². The van der Waals surface area contributed by atoms with Crippen LogP contribution in [-0.4, -0.2) is 16.6 Å². The van der Waals surface area contributed by atoms with E-state index in [9.17, 15) is 10.1 Å². The molecule has 0 spiro atoms. The monoisotopic (exact) mass is 399 g/mol. The number of thiazole rings is 1. The number of carbonyl (C=O) groups excluding carboxylic acids is 1. The number of hydrogen-bond acceptors (Lipinski definition) is 6. The first-order valence-electron chi connectivity index (χ1n) is 7.54. The van der Waals surface area contributed by atoms with E-state index in [2.05, 4.69) is 10.3 Å². The number of benzene rings is 2. The summed E-state index contributed by atoms with van der Waals surface area (Å²) in [5, 5.41) is 13.3. The van der Waals surface area contributed by atoms with Crippen molar-refractivity contribution in [1.29, 1.82) is 5.26 Å². The van der Waals surface area contributed by atoms with Gasteiger partial charge < -0.3 is 9.73 Å². The van der Waals surface area contributed by atoms with Crippen LogP contribution in [0.2, 0.25) is 5.02 Å². The van der Waals surface area contributed by atoms with Crippen LogP contribution in [0.5, 0.6) is 0 Å². The zero-order valence-corrected chi connectivity index (χ0v) is 15.5. The van der Waals surface area contributed by atoms with Crippen molar-refractivity contribution < 1.29 is 9.21 Å². The van der Waals surface area contributed by atoms with Crippen molar-refractivity contribution in [3.8, 4) is 6.07 Å². The lowest BCUT2D eigenvalue weighted by atomic mass is 10.2. The van der Waals surface area contributed by atoms with E-state index >= 15 is 0 Å². The van der Waals surface area contributed by atoms with E-state index in [-0.39, 0.29) is 17.4 Å². The number of aromatic nitrogens is 1. The molecular formula is C18H10ClN3O2S2. The molecule has 0 radical (unpaired) electrons. The van der Waals surface area contributed by atoms with Gasteiger partial charge in [-0.1, -0.05) is 35.5 Å². The molecule has 2 aromatic heterocycles. The average molecular weight is 400 g/mol. The number of rotatable bonds is 4. The first kappa shape index (κ1) is 16.9. The van der Waals surface area contributed by atoms with Crippen molar-refractivity contribution in [3.05, 3.63) is 53.2 Å². The fourth-order valence-corrected chi connectivity index (χ4v) is 4.51. The Hall–Kier alpha value is -2.53. The molecule has 0 saturated carbocycles. The van der Waals surface area contributed by atoms with Gasteiger partial charge in [0.15, 0.2) is 4.34 Å². The number of furan rings is 1. The molecule has 0 aliphatic heterocycles. The van der Waals surface area contributed by atoms with E-state index in [0.717, 1.165) is 14.6 Å². The fourth-order valence-electron chi connectivity index (χ4n) is 2.49. The summed E-state index contributed by atoms with van der Waals surface area (Å²) in [5.41, 5.74) is 1.79. The third kappa shape index (κ3) is 3.27. The van der Waals surface area contributed by atoms with E-state index in [1.807, 2.05) is 30.3 Å². The number of fused-ring (bicyclic) bond motifs is 2. The van der Waals surface area contributed by atoms with Gasteiger partial charge in [-0.05, 0) is 30.3 Å². The molecule has 26 heavy (non-hydrogen) atoms. The van der Waals surface area contributed by atoms with E-state index in [1.54, 1.807) is 18.2 Å². The number of carbonyl (C=O) groups is 1. The number of hydrogen-bond donors (Lipinski definition) is 1. The van der Waals surface area contributed by atoms with Gasteiger partial charge in [0.1, 0.15) is 17.3 Å². The van der Waals surface area contributed by atoms with Gasteiger partial charge in [-0.15, -0.1) is 11.3 Å². The molecule has 0 aliphatic carbocycles. The Morgan fingerprint density at radius 1 is 1.35 bits per heavy atom. The van der Waals surface area contributed by atoms with Crippen LogP contribution in [0.3, 0.4) is 0 Å². The van der Waals surface area contributed by atoms with Gasteiger partial charge in [0, 0.05) is 10.4 Å². The van der Waals surface area contributed by atoms with E-state index in [1.165, 1.54) is 23.1 Å². The fraction of sp³-hybridized carbons (Fsp3) is 0.0556. The van der Waals surface area contributed by atoms with E-state index in [4.69, 9.17) is 16.0 Å². The smallest absolute Gasteiger partial charge is 0.234 e. The van der Waals surface area contributed by atoms with Crippen molar-refractivity contribution in [2.75, 3.05) is 11.1 Å². The van der Waals surface area contributed by atoms with Gasteiger partial charge in [0.05, 0.1) is 16.0 Å². The minimum Gasteiger partial charge on any atom is -0.443 e. The third-order valence-electron chi connectivity index (χ3n) is 3.62. The molecule has 1 amide bonds. The molecule has 0 bridgehead atoms. The Kier molecular flexibility index (Phi) is 4.55. The maximum Gasteiger partial charge on any atom is 0.234 e. The maximum atomic E-state index is 12.3. The van der Waals surface area contributed by atoms with Gasteiger partial charge in [0.2, 0.25) is 11.7 Å². The van der Waals surface area contributed by atoms with Crippen molar-refractivity contribution in [3.63, 3.8) is 0 Å². The lowest BCUT2D eigenvalue weighted by Crippen LogP contribution is -2.14. The summed E-state index contributed by atoms with van der Waals surface area (Å²) in [6, 6.07) is 14.7. The molecule has 0 saturated heterocycles. The highest BCUT2D eigenvalue weighted by atomic mass is 35.5. The van der Waals surface area contributed by atoms with Gasteiger partial charge in [-0.25, -0.2) is 4.98 Å². The zero-order chi connectivity index (χ0) is 18.1. The van der Waals surface area contributed by atoms with Crippen LogP contribution in [0.15, 0.2) is 51.2 Å². The number of halogens is 1. The Morgan fingerprint density at radius 3 is 3.04 bits per heavy atom. The van der Waals surface area contributed by atoms with Crippen LogP contribution >= 0.6 is 34.7 Å². The number of thioether (sulfide) groups is 1. The number of amides is 1. The van der Waals surface area contributed by atoms with Crippen molar-refractivity contribution >= 4 is 67.5 Å². The van der Waals surface area contributed by atoms with Crippen LogP contribution in [-0.2, 0) is 4.79 Å². The SMILES string of the molecule is N#Cc1oc2ccccc2c1NC(=O)CSc1nc2cc(Cl)ccc2s1. The number of nitrogens with one attached hydrogen (secondary N) is 1. The Morgan fingerprint density at radius 2 is 2.19 bits per heavy atom. The molecule has 4 rings (SSSR count). The summed E-state index contributed by atoms with van der Waals surface area (Å²) in [4.78, 5) is 16.8. The van der Waals surface area contributed by atoms with Crippen LogP contribution < -0.4 is 5.32 Å². The quantitative estimate of drug-likeness (QED) is 0.471. The average Bonchev–Trinajstić information content (AvgIpc) is 3.20. The molecule has 0 fully saturated rings. The Balaban J connectivity index is 1.49. The summed E-state index contributed by atoms with van der Waals surface area (Å²) in [7, 11) is 0. The van der Waals surface area contributed by atoms with Gasteiger partial charge >= 0.3 is 0 Å². The zero-order valence-electron chi connectivity index (χ0n) is 13.2. The summed E-state index contributed by atoms with van der Waals surface area (Å²) < 4.78 is 7.26. The molecule has 2 heterocycles. The number of nitriles is 1. The molecular weight excluding hydrogens is 390 g/mol. The summed E-state index contributed by atoms with van der Waals surface area (Å²) in [5.74, 6) is 0.0484. The summed E-state index contributed by atoms with van der Waals surface area (Å²) in [6.45, 7) is 0. The highest BCUT2D eigenvalue weighted by molar-refractivity contribution is 8.01. The molecule has 5 nitrogen and oxygen atoms in total. The van der Waals surface area contributed by atoms with Crippen LogP contribution in [0, 0.1) is 11.3 Å². The van der Waals surface area contributed by atoms with Crippen molar-refractivity contribution in [2.24, 2.45) is 0 Å². The molecule has 0 aliphatic rings. The topological polar surface area (TPSA) is 78.9 Å². The Labute approximate surface area is 161 Å². The predicted octanol–water partition coefficient (Wildman–Crippen LogP) is 5.30. The maximum absolute atomic E-state index is 12.3. The van der Waals surface area contributed by atoms with Crippen LogP contribution in [0.25, 0.3) is 21.2 Å². The lowest BCUT2D eigenvalue weighted by Gasteiger charge is -2.02. The molecule has 2 aromatic carbocycles. The second-order valence-corrected chi connectivity index (χ2v) is 8.03. The normalized spacial score (nSPS) is 10.9. The molecule has 4 aromatic rings. The lowest BCUT2D eigenvalue weighted by molar-refractivity contribution is -0.113. The largest absolute Gasteiger partial charge is 0.443 e. The minimum atomic E-state index is -0.227. The molecule has 8 heteroatoms. The van der Waals surface area contributed by atoms with Crippen molar-refractivity contribution in [2.45, 2.75) is 4.34 Å². The second kappa shape index (κ2) is 7.00. The molecule has 0 unspecified atom stereocenters. The summed E-state index contributed by atoms with van der Waals surface area (Å²) in [6.07, 6.45) is 0. The predicted molar refractivity (Wildman–Crippen MR) is 105 cm³/mol. The van der Waals surface area contributed by atoms with Gasteiger partial charge in [-0.2, -0.15) is 5.26 Å². The molecule has 0 atom stereocenters. The van der Waals surface area contributed by atoms with Gasteiger partial charge in [0.25, 0.3) is 0 Å². The summed E-state index contributed by atoms with van der Waals surface area (Å²) >= 11 is 8.82. The van der Waals surface area contributed by atoms with E-state index in [0.29, 0.717) is 21.7 Å². The first-order valence-corrected chi connectivity index (χ1v) is 9.72. The first-order chi connectivity index (χ1) is 12.6. The van der Waals surface area contributed by atoms with Gasteiger partial charge in [-0.3, -0.25) is 4.79 Å². The van der Waals surface area contributed by atoms with E-state index < -0.39 is 0 Å². The Bertz CT molecular complexity index is 1180. The third-order valence-corrected chi connectivity index (χ3v) is 6.03. The second-order valence-electron chi connectivity index (χ2n) is 5.34. The van der Waals surface area contributed by atoms with Crippen LogP contribution in [0.1, 0.15) is 5.76 Å². The number of anilines is 1. The highest BCUT2D eigenvalue weighted by Crippen LogP contribution is 2.32. The molecule has 128 valence electrons. The minimum absolute atomic E-state index is 0.0965. The number of nitrogens with zero attached hydrogens (tertiary/aromatic N) is 2. The standard InChI is InChI=1S/C18H10ClN3O2S2/c19-10-5-6-15-12(7-10)21-18(26-15)25-9-16(23)22-17-11-3-1-2-4-13(11)24-14(17)8-20/h1-7H,9H2,(H,22,23). The highest BCUT2D eigenvalue weighted by Gasteiger charge is 2.16. The number of para-hydroxylation sites is 1.